The van der Waals surface area contributed by atoms with Gasteiger partial charge in [-0.15, -0.1) is 0 Å². The third-order valence-electron chi connectivity index (χ3n) is 4.86. The van der Waals surface area contributed by atoms with Crippen LogP contribution in [-0.2, 0) is 22.6 Å². The molecule has 8 heteroatoms. The summed E-state index contributed by atoms with van der Waals surface area (Å²) < 4.78 is 0. The van der Waals surface area contributed by atoms with E-state index >= 15 is 0 Å². The Kier molecular flexibility index (Phi) is 6.46. The number of rotatable bonds is 6. The number of nitrogens with zero attached hydrogens (tertiary/aromatic N) is 1. The Morgan fingerprint density at radius 2 is 2.00 bits per heavy atom. The molecule has 0 radical (unpaired) electrons. The predicted octanol–water partition coefficient (Wildman–Crippen LogP) is 3.84. The van der Waals surface area contributed by atoms with Crippen molar-refractivity contribution in [1.82, 2.24) is 10.3 Å². The van der Waals surface area contributed by atoms with Gasteiger partial charge in [0.05, 0.1) is 16.5 Å². The topological polar surface area (TPSA) is 88.2 Å². The number of carbonyl (C=O) groups is 3. The summed E-state index contributed by atoms with van der Waals surface area (Å²) in [6.45, 7) is 4.16. The number of ketones is 1. The van der Waals surface area contributed by atoms with Crippen LogP contribution in [0.3, 0.4) is 0 Å². The molecule has 148 valence electrons. The number of halogens is 1. The van der Waals surface area contributed by atoms with E-state index in [1.807, 2.05) is 26.0 Å². The minimum Gasteiger partial charge on any atom is -0.352 e. The second-order valence-corrected chi connectivity index (χ2v) is 8.40. The fourth-order valence-electron chi connectivity index (χ4n) is 2.92. The Bertz CT molecular complexity index is 895. The highest BCUT2D eigenvalue weighted by Gasteiger charge is 2.33. The van der Waals surface area contributed by atoms with Crippen molar-refractivity contribution >= 4 is 45.7 Å². The lowest BCUT2D eigenvalue weighted by atomic mass is 9.89. The van der Waals surface area contributed by atoms with Crippen molar-refractivity contribution in [3.63, 3.8) is 0 Å². The van der Waals surface area contributed by atoms with E-state index in [9.17, 15) is 14.4 Å². The van der Waals surface area contributed by atoms with E-state index in [4.69, 9.17) is 11.6 Å². The number of nitrogens with one attached hydrogen (secondary N) is 2. The van der Waals surface area contributed by atoms with Crippen LogP contribution in [0, 0.1) is 11.8 Å². The first kappa shape index (κ1) is 20.5. The number of aromatic nitrogens is 1. The number of Topliss-reactive ketones (excluding diaryl/α,β-unsaturated/α-hetero) is 1. The number of fused-ring (bicyclic) bond motifs is 1. The van der Waals surface area contributed by atoms with Crippen LogP contribution in [0.1, 0.15) is 47.6 Å². The maximum absolute atomic E-state index is 12.5. The molecule has 0 spiro atoms. The Morgan fingerprint density at radius 3 is 2.68 bits per heavy atom. The highest BCUT2D eigenvalue weighted by Crippen LogP contribution is 2.32. The molecule has 0 saturated carbocycles. The minimum absolute atomic E-state index is 0.102. The maximum atomic E-state index is 12.5. The summed E-state index contributed by atoms with van der Waals surface area (Å²) in [5.41, 5.74) is 1.52. The number of benzene rings is 1. The number of anilines is 1. The van der Waals surface area contributed by atoms with Crippen LogP contribution in [0.25, 0.3) is 0 Å². The zero-order chi connectivity index (χ0) is 20.3. The average molecular weight is 420 g/mol. The molecular formula is C20H22ClN3O3S. The summed E-state index contributed by atoms with van der Waals surface area (Å²) in [5.74, 6) is -0.963. The van der Waals surface area contributed by atoms with E-state index in [0.29, 0.717) is 33.7 Å². The van der Waals surface area contributed by atoms with Crippen LogP contribution in [0.15, 0.2) is 24.3 Å². The summed E-state index contributed by atoms with van der Waals surface area (Å²) in [6.07, 6.45) is 1.27. The minimum atomic E-state index is -0.451. The Morgan fingerprint density at radius 1 is 1.29 bits per heavy atom. The molecular weight excluding hydrogens is 398 g/mol. The van der Waals surface area contributed by atoms with E-state index in [0.717, 1.165) is 12.0 Å². The van der Waals surface area contributed by atoms with Crippen molar-refractivity contribution in [2.45, 2.75) is 39.7 Å². The molecule has 2 N–H and O–H groups in total. The second-order valence-electron chi connectivity index (χ2n) is 6.97. The molecule has 1 heterocycles. The molecule has 1 aliphatic rings. The van der Waals surface area contributed by atoms with Gasteiger partial charge in [0.2, 0.25) is 11.8 Å². The van der Waals surface area contributed by atoms with Gasteiger partial charge in [0, 0.05) is 30.3 Å². The quantitative estimate of drug-likeness (QED) is 0.744. The lowest BCUT2D eigenvalue weighted by Crippen LogP contribution is -2.35. The molecule has 3 rings (SSSR count). The normalized spacial score (nSPS) is 17.0. The van der Waals surface area contributed by atoms with Crippen molar-refractivity contribution in [1.29, 1.82) is 0 Å². The van der Waals surface area contributed by atoms with Crippen molar-refractivity contribution < 1.29 is 14.4 Å². The number of carbonyl (C=O) groups excluding carboxylic acids is 3. The molecule has 0 unspecified atom stereocenters. The Labute approximate surface area is 172 Å². The first-order chi connectivity index (χ1) is 13.4. The Hall–Kier alpha value is -2.25. The second kappa shape index (κ2) is 8.84. The van der Waals surface area contributed by atoms with Gasteiger partial charge >= 0.3 is 0 Å². The number of hydrogen-bond donors (Lipinski definition) is 2. The summed E-state index contributed by atoms with van der Waals surface area (Å²) in [6, 6.07) is 7.23. The van der Waals surface area contributed by atoms with Gasteiger partial charge in [0.1, 0.15) is 0 Å². The van der Waals surface area contributed by atoms with Gasteiger partial charge in [-0.2, -0.15) is 0 Å². The highest BCUT2D eigenvalue weighted by atomic mass is 35.5. The van der Waals surface area contributed by atoms with E-state index in [1.54, 1.807) is 12.1 Å². The van der Waals surface area contributed by atoms with Gasteiger partial charge in [-0.3, -0.25) is 14.4 Å². The van der Waals surface area contributed by atoms with Crippen LogP contribution in [0.2, 0.25) is 5.02 Å². The first-order valence-electron chi connectivity index (χ1n) is 9.23. The van der Waals surface area contributed by atoms with Gasteiger partial charge in [0.25, 0.3) is 0 Å². The zero-order valence-corrected chi connectivity index (χ0v) is 17.3. The molecule has 28 heavy (non-hydrogen) atoms. The standard InChI is InChI=1S/C20H22ClN3O3S/c1-3-11(2)18(26)24-20-23-15-8-13(9-16(25)17(15)28-20)19(27)22-10-12-4-6-14(21)7-5-12/h4-7,11,13H,3,8-10H2,1-2H3,(H,22,27)(H,23,24,26)/t11-,13+/m0/s1. The summed E-state index contributed by atoms with van der Waals surface area (Å²) >= 11 is 7.05. The van der Waals surface area contributed by atoms with E-state index in [1.165, 1.54) is 11.3 Å². The summed E-state index contributed by atoms with van der Waals surface area (Å²) in [7, 11) is 0. The van der Waals surface area contributed by atoms with Crippen molar-refractivity contribution in [3.8, 4) is 0 Å². The van der Waals surface area contributed by atoms with Crippen LogP contribution in [0.4, 0.5) is 5.13 Å². The molecule has 1 aromatic heterocycles. The van der Waals surface area contributed by atoms with E-state index in [-0.39, 0.29) is 29.9 Å². The maximum Gasteiger partial charge on any atom is 0.228 e. The SMILES string of the molecule is CC[C@H](C)C(=O)Nc1nc2c(s1)C(=O)C[C@H](C(=O)NCc1ccc(Cl)cc1)C2. The Balaban J connectivity index is 1.63. The van der Waals surface area contributed by atoms with Gasteiger partial charge in [-0.1, -0.05) is 48.9 Å². The lowest BCUT2D eigenvalue weighted by Gasteiger charge is -2.19. The molecule has 2 atom stereocenters. The average Bonchev–Trinajstić information content (AvgIpc) is 3.09. The fraction of sp³-hybridized carbons (Fsp3) is 0.400. The third kappa shape index (κ3) is 4.77. The number of amides is 2. The van der Waals surface area contributed by atoms with Crippen molar-refractivity contribution in [2.75, 3.05) is 5.32 Å². The van der Waals surface area contributed by atoms with Gasteiger partial charge in [0.15, 0.2) is 10.9 Å². The molecule has 0 fully saturated rings. The van der Waals surface area contributed by atoms with Crippen LogP contribution in [0.5, 0.6) is 0 Å². The summed E-state index contributed by atoms with van der Waals surface area (Å²) in [4.78, 5) is 42.0. The lowest BCUT2D eigenvalue weighted by molar-refractivity contribution is -0.125. The smallest absolute Gasteiger partial charge is 0.228 e. The number of thiazole rings is 1. The van der Waals surface area contributed by atoms with E-state index in [2.05, 4.69) is 15.6 Å². The molecule has 1 aliphatic carbocycles. The van der Waals surface area contributed by atoms with Crippen LogP contribution in [-0.4, -0.2) is 22.6 Å². The highest BCUT2D eigenvalue weighted by molar-refractivity contribution is 7.17. The number of hydrogen-bond acceptors (Lipinski definition) is 5. The van der Waals surface area contributed by atoms with E-state index < -0.39 is 5.92 Å². The van der Waals surface area contributed by atoms with Crippen molar-refractivity contribution in [2.24, 2.45) is 11.8 Å². The molecule has 2 amide bonds. The largest absolute Gasteiger partial charge is 0.352 e. The molecule has 0 saturated heterocycles. The summed E-state index contributed by atoms with van der Waals surface area (Å²) in [5, 5.41) is 6.70. The molecule has 0 aliphatic heterocycles. The monoisotopic (exact) mass is 419 g/mol. The van der Waals surface area contributed by atoms with Crippen molar-refractivity contribution in [3.05, 3.63) is 45.4 Å². The first-order valence-corrected chi connectivity index (χ1v) is 10.4. The van der Waals surface area contributed by atoms with Gasteiger partial charge < -0.3 is 10.6 Å². The molecule has 2 aromatic rings. The predicted molar refractivity (Wildman–Crippen MR) is 110 cm³/mol. The van der Waals surface area contributed by atoms with Crippen LogP contribution < -0.4 is 10.6 Å². The van der Waals surface area contributed by atoms with Gasteiger partial charge in [-0.05, 0) is 24.1 Å². The fourth-order valence-corrected chi connectivity index (χ4v) is 3.99. The third-order valence-corrected chi connectivity index (χ3v) is 6.17. The van der Waals surface area contributed by atoms with Crippen LogP contribution >= 0.6 is 22.9 Å². The zero-order valence-electron chi connectivity index (χ0n) is 15.8. The molecule has 0 bridgehead atoms. The molecule has 6 nitrogen and oxygen atoms in total. The molecule has 1 aromatic carbocycles. The van der Waals surface area contributed by atoms with Gasteiger partial charge in [-0.25, -0.2) is 4.98 Å².